The first-order valence-electron chi connectivity index (χ1n) is 6.93. The first-order chi connectivity index (χ1) is 7.83. The zero-order valence-electron chi connectivity index (χ0n) is 14.0. The topological polar surface area (TPSA) is 44.5 Å². The van der Waals surface area contributed by atoms with E-state index in [2.05, 4.69) is 59.3 Å². The van der Waals surface area contributed by atoms with Crippen molar-refractivity contribution in [1.82, 2.24) is 0 Å². The van der Waals surface area contributed by atoms with Gasteiger partial charge >= 0.3 is 8.56 Å². The summed E-state index contributed by atoms with van der Waals surface area (Å²) in [5.74, 6) is 0. The third-order valence-corrected chi connectivity index (χ3v) is 10.5. The molecule has 0 radical (unpaired) electrons. The number of nitrogens with two attached hydrogens (primary N) is 1. The molecule has 0 saturated carbocycles. The van der Waals surface area contributed by atoms with E-state index < -0.39 is 25.2 Å². The summed E-state index contributed by atoms with van der Waals surface area (Å²) in [4.78, 5) is 0. The van der Waals surface area contributed by atoms with Crippen LogP contribution in [0.4, 0.5) is 0 Å². The largest absolute Gasteiger partial charge is 0.437 e. The summed E-state index contributed by atoms with van der Waals surface area (Å²) < 4.78 is 12.2. The average Bonchev–Trinajstić information content (AvgIpc) is 1.95. The lowest BCUT2D eigenvalue weighted by Crippen LogP contribution is -2.50. The van der Waals surface area contributed by atoms with Crippen LogP contribution in [-0.4, -0.2) is 31.7 Å². The molecule has 128 valence electrons. The Morgan fingerprint density at radius 2 is 1.05 bits per heavy atom. The maximum atomic E-state index is 6.09. The van der Waals surface area contributed by atoms with Crippen LogP contribution in [0.2, 0.25) is 52.4 Å². The van der Waals surface area contributed by atoms with Crippen LogP contribution in [0.5, 0.6) is 0 Å². The molecule has 0 aliphatic heterocycles. The summed E-state index contributed by atoms with van der Waals surface area (Å²) in [5, 5.41) is 0. The van der Waals surface area contributed by atoms with Gasteiger partial charge in [-0.1, -0.05) is 28.2 Å². The molecule has 0 spiro atoms. The summed E-state index contributed by atoms with van der Waals surface area (Å²) >= 11 is 0. The lowest BCUT2D eigenvalue weighted by Gasteiger charge is -2.35. The Bertz CT molecular complexity index is 191. The molecule has 0 aromatic rings. The van der Waals surface area contributed by atoms with Gasteiger partial charge < -0.3 is 14.0 Å². The molecule has 0 unspecified atom stereocenters. The molecular weight excluding hydrogens is 298 g/mol. The van der Waals surface area contributed by atoms with Gasteiger partial charge in [-0.2, -0.15) is 0 Å². The second-order valence-electron chi connectivity index (χ2n) is 6.97. The van der Waals surface area contributed by atoms with Gasteiger partial charge in [0.2, 0.25) is 0 Å². The van der Waals surface area contributed by atoms with Crippen molar-refractivity contribution in [1.29, 1.82) is 0 Å². The van der Waals surface area contributed by atoms with E-state index in [9.17, 15) is 0 Å². The minimum atomic E-state index is -1.85. The quantitative estimate of drug-likeness (QED) is 0.657. The van der Waals surface area contributed by atoms with Crippen molar-refractivity contribution < 1.29 is 8.23 Å². The Hall–Kier alpha value is 0.531. The van der Waals surface area contributed by atoms with Crippen LogP contribution < -0.4 is 5.73 Å². The van der Waals surface area contributed by atoms with Crippen LogP contribution in [0.15, 0.2) is 0 Å². The monoisotopic (exact) mass is 341 g/mol. The fraction of sp³-hybridized carbons (Fsp3) is 1.00. The van der Waals surface area contributed by atoms with Gasteiger partial charge in [-0.3, -0.25) is 0 Å². The molecule has 0 bridgehead atoms. The molecule has 0 aromatic heterocycles. The zero-order chi connectivity index (χ0) is 15.0. The number of hydrogen-bond donors (Lipinski definition) is 1. The predicted octanol–water partition coefficient (Wildman–Crippen LogP) is 5.41. The summed E-state index contributed by atoms with van der Waals surface area (Å²) in [6.45, 7) is 20.6. The van der Waals surface area contributed by atoms with E-state index >= 15 is 0 Å². The predicted molar refractivity (Wildman–Crippen MR) is 104 cm³/mol. The van der Waals surface area contributed by atoms with E-state index in [4.69, 9.17) is 14.0 Å². The Balaban J connectivity index is -0.000000158. The van der Waals surface area contributed by atoms with Crippen molar-refractivity contribution in [2.75, 3.05) is 6.54 Å². The molecular formula is C14H43NO2Si3. The lowest BCUT2D eigenvalue weighted by molar-refractivity contribution is 0.395. The van der Waals surface area contributed by atoms with Crippen LogP contribution in [0, 0.1) is 0 Å². The highest BCUT2D eigenvalue weighted by Crippen LogP contribution is 2.19. The molecule has 6 heteroatoms. The number of unbranched alkanes of at least 4 members (excludes halogenated alkanes) is 1. The molecule has 0 saturated heterocycles. The fourth-order valence-corrected chi connectivity index (χ4v) is 14.0. The number of rotatable bonds is 6. The highest BCUT2D eigenvalue weighted by molar-refractivity contribution is 6.87. The van der Waals surface area contributed by atoms with Gasteiger partial charge in [0.15, 0.2) is 16.6 Å². The molecule has 0 rings (SSSR count). The standard InChI is InChI=1S/C8H24O2Si3.C4H11N.2CH4/c1-11(2,3)9-13(7,8)10-12(4,5)6;1-2-3-4-5;;/h1-8H3;2-5H2,1H3;2*1H4. The molecule has 20 heavy (non-hydrogen) atoms. The van der Waals surface area contributed by atoms with Gasteiger partial charge in [0, 0.05) is 0 Å². The van der Waals surface area contributed by atoms with E-state index in [-0.39, 0.29) is 14.9 Å². The summed E-state index contributed by atoms with van der Waals surface area (Å²) in [5.41, 5.74) is 5.14. The molecule has 2 N–H and O–H groups in total. The van der Waals surface area contributed by atoms with E-state index in [0.29, 0.717) is 0 Å². The number of hydrogen-bond acceptors (Lipinski definition) is 3. The van der Waals surface area contributed by atoms with Gasteiger partial charge in [0.1, 0.15) is 0 Å². The highest BCUT2D eigenvalue weighted by atomic mass is 28.5. The SMILES string of the molecule is C.C.CCCCN.C[Si](C)(C)O[Si](C)(C)O[Si](C)(C)C. The normalized spacial score (nSPS) is 11.7. The van der Waals surface area contributed by atoms with Crippen molar-refractivity contribution in [2.45, 2.75) is 87.0 Å². The molecule has 0 fully saturated rings. The first kappa shape index (κ1) is 28.7. The lowest BCUT2D eigenvalue weighted by atomic mass is 10.3. The minimum absolute atomic E-state index is 0. The zero-order valence-corrected chi connectivity index (χ0v) is 17.0. The second-order valence-corrected chi connectivity index (χ2v) is 19.9. The van der Waals surface area contributed by atoms with Crippen LogP contribution in [0.1, 0.15) is 34.6 Å². The van der Waals surface area contributed by atoms with Crippen molar-refractivity contribution >= 4 is 25.2 Å². The molecule has 0 aliphatic carbocycles. The van der Waals surface area contributed by atoms with Gasteiger partial charge in [0.25, 0.3) is 0 Å². The van der Waals surface area contributed by atoms with Crippen LogP contribution in [-0.2, 0) is 8.23 Å². The highest BCUT2D eigenvalue weighted by Gasteiger charge is 2.35. The Kier molecular flexibility index (Phi) is 17.4. The van der Waals surface area contributed by atoms with Gasteiger partial charge in [0.05, 0.1) is 0 Å². The Morgan fingerprint density at radius 3 is 1.15 bits per heavy atom. The van der Waals surface area contributed by atoms with E-state index in [0.717, 1.165) is 6.54 Å². The van der Waals surface area contributed by atoms with E-state index in [1.807, 2.05) is 0 Å². The van der Waals surface area contributed by atoms with E-state index in [1.165, 1.54) is 12.8 Å². The molecule has 0 aromatic carbocycles. The van der Waals surface area contributed by atoms with Gasteiger partial charge in [-0.05, 0) is 65.3 Å². The van der Waals surface area contributed by atoms with E-state index in [1.54, 1.807) is 0 Å². The van der Waals surface area contributed by atoms with Crippen LogP contribution >= 0.6 is 0 Å². The van der Waals surface area contributed by atoms with Crippen molar-refractivity contribution in [3.05, 3.63) is 0 Å². The summed E-state index contributed by atoms with van der Waals surface area (Å²) in [6, 6.07) is 0. The fourth-order valence-electron chi connectivity index (χ4n) is 1.70. The molecule has 0 atom stereocenters. The van der Waals surface area contributed by atoms with Gasteiger partial charge in [-0.15, -0.1) is 0 Å². The van der Waals surface area contributed by atoms with Crippen molar-refractivity contribution in [2.24, 2.45) is 5.73 Å². The molecule has 0 aliphatic rings. The second kappa shape index (κ2) is 12.1. The Morgan fingerprint density at radius 1 is 0.750 bits per heavy atom. The van der Waals surface area contributed by atoms with Crippen LogP contribution in [0.3, 0.4) is 0 Å². The maximum Gasteiger partial charge on any atom is 0.311 e. The Labute approximate surface area is 133 Å². The average molecular weight is 342 g/mol. The van der Waals surface area contributed by atoms with Crippen LogP contribution in [0.25, 0.3) is 0 Å². The molecule has 3 nitrogen and oxygen atoms in total. The van der Waals surface area contributed by atoms with Crippen molar-refractivity contribution in [3.8, 4) is 0 Å². The first-order valence-corrected chi connectivity index (χ1v) is 16.6. The maximum absolute atomic E-state index is 6.09. The smallest absolute Gasteiger partial charge is 0.311 e. The minimum Gasteiger partial charge on any atom is -0.437 e. The van der Waals surface area contributed by atoms with Crippen molar-refractivity contribution in [3.63, 3.8) is 0 Å². The summed E-state index contributed by atoms with van der Waals surface area (Å²) in [7, 11) is -4.72. The van der Waals surface area contributed by atoms with Gasteiger partial charge in [-0.25, -0.2) is 0 Å². The third kappa shape index (κ3) is 27.0. The molecule has 0 amide bonds. The third-order valence-electron chi connectivity index (χ3n) is 1.66. The molecule has 0 heterocycles. The summed E-state index contributed by atoms with van der Waals surface area (Å²) in [6.07, 6.45) is 2.39.